The van der Waals surface area contributed by atoms with Crippen LogP contribution in [0.5, 0.6) is 0 Å². The average Bonchev–Trinajstić information content (AvgIpc) is 2.83. The van der Waals surface area contributed by atoms with Gasteiger partial charge in [-0.25, -0.2) is 0 Å². The summed E-state index contributed by atoms with van der Waals surface area (Å²) in [5.74, 6) is 1.64. The Morgan fingerprint density at radius 2 is 1.89 bits per heavy atom. The molecule has 1 heterocycles. The summed E-state index contributed by atoms with van der Waals surface area (Å²) >= 11 is 0. The first-order valence-corrected chi connectivity index (χ1v) is 7.92. The maximum atomic E-state index is 3.83. The predicted molar refractivity (Wildman–Crippen MR) is 78.8 cm³/mol. The molecule has 18 heavy (non-hydrogen) atoms. The van der Waals surface area contributed by atoms with Gasteiger partial charge in [-0.15, -0.1) is 0 Å². The van der Waals surface area contributed by atoms with Gasteiger partial charge in [0.05, 0.1) is 0 Å². The van der Waals surface area contributed by atoms with Gasteiger partial charge in [0.1, 0.15) is 0 Å². The highest BCUT2D eigenvalue weighted by Crippen LogP contribution is 2.40. The van der Waals surface area contributed by atoms with Crippen LogP contribution in [-0.2, 0) is 0 Å². The molecule has 0 aromatic rings. The van der Waals surface area contributed by atoms with Gasteiger partial charge >= 0.3 is 0 Å². The van der Waals surface area contributed by atoms with Gasteiger partial charge in [0.15, 0.2) is 0 Å². The van der Waals surface area contributed by atoms with E-state index in [1.165, 1.54) is 51.9 Å². The van der Waals surface area contributed by atoms with Crippen LogP contribution in [-0.4, -0.2) is 37.1 Å². The Balaban J connectivity index is 1.67. The van der Waals surface area contributed by atoms with Crippen LogP contribution in [0.4, 0.5) is 0 Å². The molecule has 0 spiro atoms. The standard InChI is InChI=1S/C16H32N2/c1-13(12-18-7-5-6-8-18)11-17-15-10-16(3,4)9-14(15)2/h13-15,17H,5-12H2,1-4H3. The van der Waals surface area contributed by atoms with Gasteiger partial charge in [0, 0.05) is 12.6 Å². The zero-order chi connectivity index (χ0) is 13.2. The van der Waals surface area contributed by atoms with E-state index < -0.39 is 0 Å². The molecule has 3 unspecified atom stereocenters. The molecule has 1 saturated heterocycles. The molecule has 2 fully saturated rings. The van der Waals surface area contributed by atoms with E-state index >= 15 is 0 Å². The van der Waals surface area contributed by atoms with Crippen LogP contribution in [0.1, 0.15) is 53.4 Å². The number of nitrogens with one attached hydrogen (secondary N) is 1. The molecule has 0 amide bonds. The summed E-state index contributed by atoms with van der Waals surface area (Å²) in [5.41, 5.74) is 0.551. The second-order valence-electron chi connectivity index (χ2n) is 7.68. The average molecular weight is 252 g/mol. The maximum Gasteiger partial charge on any atom is 0.00980 e. The zero-order valence-corrected chi connectivity index (χ0v) is 12.8. The summed E-state index contributed by atoms with van der Waals surface area (Å²) in [5, 5.41) is 3.83. The summed E-state index contributed by atoms with van der Waals surface area (Å²) in [7, 11) is 0. The lowest BCUT2D eigenvalue weighted by Gasteiger charge is -2.24. The highest BCUT2D eigenvalue weighted by molar-refractivity contribution is 4.91. The quantitative estimate of drug-likeness (QED) is 0.809. The van der Waals surface area contributed by atoms with Gasteiger partial charge in [-0.2, -0.15) is 0 Å². The Bertz CT molecular complexity index is 256. The van der Waals surface area contributed by atoms with Crippen molar-refractivity contribution in [3.05, 3.63) is 0 Å². The van der Waals surface area contributed by atoms with Crippen molar-refractivity contribution < 1.29 is 0 Å². The van der Waals surface area contributed by atoms with Gasteiger partial charge in [-0.3, -0.25) is 0 Å². The highest BCUT2D eigenvalue weighted by atomic mass is 15.1. The van der Waals surface area contributed by atoms with E-state index in [1.807, 2.05) is 0 Å². The summed E-state index contributed by atoms with van der Waals surface area (Å²) in [6.45, 7) is 14.8. The van der Waals surface area contributed by atoms with Crippen molar-refractivity contribution in [3.8, 4) is 0 Å². The molecule has 0 radical (unpaired) electrons. The second-order valence-corrected chi connectivity index (χ2v) is 7.68. The van der Waals surface area contributed by atoms with Crippen molar-refractivity contribution >= 4 is 0 Å². The third kappa shape index (κ3) is 3.96. The number of likely N-dealkylation sites (tertiary alicyclic amines) is 1. The first-order valence-electron chi connectivity index (χ1n) is 7.92. The van der Waals surface area contributed by atoms with E-state index in [9.17, 15) is 0 Å². The van der Waals surface area contributed by atoms with E-state index in [2.05, 4.69) is 37.9 Å². The van der Waals surface area contributed by atoms with E-state index in [0.717, 1.165) is 17.9 Å². The van der Waals surface area contributed by atoms with Gasteiger partial charge in [0.2, 0.25) is 0 Å². The third-order valence-corrected chi connectivity index (χ3v) is 4.83. The van der Waals surface area contributed by atoms with Gasteiger partial charge < -0.3 is 10.2 Å². The number of hydrogen-bond donors (Lipinski definition) is 1. The fourth-order valence-corrected chi connectivity index (χ4v) is 3.99. The first-order chi connectivity index (χ1) is 8.46. The number of nitrogens with zero attached hydrogens (tertiary/aromatic N) is 1. The molecule has 0 aromatic heterocycles. The lowest BCUT2D eigenvalue weighted by molar-refractivity contribution is 0.271. The molecule has 2 aliphatic rings. The van der Waals surface area contributed by atoms with Crippen molar-refractivity contribution in [1.29, 1.82) is 0 Å². The molecule has 1 saturated carbocycles. The first kappa shape index (κ1) is 14.3. The van der Waals surface area contributed by atoms with E-state index in [1.54, 1.807) is 0 Å². The lowest BCUT2D eigenvalue weighted by Crippen LogP contribution is -2.38. The lowest BCUT2D eigenvalue weighted by atomic mass is 9.91. The Kier molecular flexibility index (Phi) is 4.71. The van der Waals surface area contributed by atoms with Crippen LogP contribution >= 0.6 is 0 Å². The van der Waals surface area contributed by atoms with Gasteiger partial charge in [-0.1, -0.05) is 27.7 Å². The second kappa shape index (κ2) is 5.92. The maximum absolute atomic E-state index is 3.83. The molecular weight excluding hydrogens is 220 g/mol. The Hall–Kier alpha value is -0.0800. The monoisotopic (exact) mass is 252 g/mol. The molecule has 2 nitrogen and oxygen atoms in total. The Morgan fingerprint density at radius 1 is 1.22 bits per heavy atom. The highest BCUT2D eigenvalue weighted by Gasteiger charge is 2.36. The molecule has 2 heteroatoms. The SMILES string of the molecule is CC(CNC1CC(C)(C)CC1C)CN1CCCC1. The molecule has 106 valence electrons. The van der Waals surface area contributed by atoms with Crippen LogP contribution < -0.4 is 5.32 Å². The van der Waals surface area contributed by atoms with E-state index in [0.29, 0.717) is 5.41 Å². The minimum absolute atomic E-state index is 0.551. The molecule has 1 aliphatic carbocycles. The number of rotatable bonds is 5. The summed E-state index contributed by atoms with van der Waals surface area (Å²) in [6.07, 6.45) is 5.55. The molecule has 0 aromatic carbocycles. The fraction of sp³-hybridized carbons (Fsp3) is 1.00. The van der Waals surface area contributed by atoms with E-state index in [-0.39, 0.29) is 0 Å². The molecular formula is C16H32N2. The smallest absolute Gasteiger partial charge is 0.00980 e. The normalized spacial score (nSPS) is 34.0. The largest absolute Gasteiger partial charge is 0.313 e. The molecule has 1 aliphatic heterocycles. The summed E-state index contributed by atoms with van der Waals surface area (Å²) in [4.78, 5) is 2.63. The predicted octanol–water partition coefficient (Wildman–Crippen LogP) is 3.13. The van der Waals surface area contributed by atoms with Crippen molar-refractivity contribution in [1.82, 2.24) is 10.2 Å². The Labute approximate surface area is 114 Å². The fourth-order valence-electron chi connectivity index (χ4n) is 3.99. The van der Waals surface area contributed by atoms with Crippen molar-refractivity contribution in [3.63, 3.8) is 0 Å². The van der Waals surface area contributed by atoms with E-state index in [4.69, 9.17) is 0 Å². The van der Waals surface area contributed by atoms with Crippen molar-refractivity contribution in [2.24, 2.45) is 17.3 Å². The molecule has 2 rings (SSSR count). The van der Waals surface area contributed by atoms with Gasteiger partial charge in [0.25, 0.3) is 0 Å². The molecule has 1 N–H and O–H groups in total. The minimum Gasteiger partial charge on any atom is -0.313 e. The molecule has 3 atom stereocenters. The topological polar surface area (TPSA) is 15.3 Å². The summed E-state index contributed by atoms with van der Waals surface area (Å²) in [6, 6.07) is 0.751. The molecule has 0 bridgehead atoms. The van der Waals surface area contributed by atoms with Crippen LogP contribution in [0.15, 0.2) is 0 Å². The van der Waals surface area contributed by atoms with Crippen LogP contribution in [0, 0.1) is 17.3 Å². The van der Waals surface area contributed by atoms with Crippen molar-refractivity contribution in [2.45, 2.75) is 59.4 Å². The minimum atomic E-state index is 0.551. The Morgan fingerprint density at radius 3 is 2.44 bits per heavy atom. The number of hydrogen-bond acceptors (Lipinski definition) is 2. The summed E-state index contributed by atoms with van der Waals surface area (Å²) < 4.78 is 0. The van der Waals surface area contributed by atoms with Crippen LogP contribution in [0.25, 0.3) is 0 Å². The third-order valence-electron chi connectivity index (χ3n) is 4.83. The van der Waals surface area contributed by atoms with Crippen LogP contribution in [0.3, 0.4) is 0 Å². The van der Waals surface area contributed by atoms with Crippen molar-refractivity contribution in [2.75, 3.05) is 26.2 Å². The van der Waals surface area contributed by atoms with Crippen LogP contribution in [0.2, 0.25) is 0 Å². The zero-order valence-electron chi connectivity index (χ0n) is 12.8. The van der Waals surface area contributed by atoms with Gasteiger partial charge in [-0.05, 0) is 62.6 Å².